The molecule has 0 atom stereocenters. The maximum absolute atomic E-state index is 11.7. The molecule has 0 spiro atoms. The smallest absolute Gasteiger partial charge is 0.224 e. The highest BCUT2D eigenvalue weighted by molar-refractivity contribution is 6.31. The summed E-state index contributed by atoms with van der Waals surface area (Å²) in [5, 5.41) is 6.73. The molecule has 0 bridgehead atoms. The number of carbonyl (C=O) groups excluding carboxylic acids is 1. The third-order valence-electron chi connectivity index (χ3n) is 2.88. The minimum absolute atomic E-state index is 0.0665. The number of nitrogens with one attached hydrogen (secondary N) is 2. The van der Waals surface area contributed by atoms with E-state index in [9.17, 15) is 4.79 Å². The van der Waals surface area contributed by atoms with E-state index in [2.05, 4.69) is 10.6 Å². The van der Waals surface area contributed by atoms with Crippen LogP contribution in [0.25, 0.3) is 0 Å². The van der Waals surface area contributed by atoms with E-state index in [4.69, 9.17) is 11.6 Å². The van der Waals surface area contributed by atoms with Gasteiger partial charge in [-0.15, -0.1) is 0 Å². The van der Waals surface area contributed by atoms with Crippen molar-refractivity contribution in [2.75, 3.05) is 18.4 Å². The van der Waals surface area contributed by atoms with Gasteiger partial charge in [-0.05, 0) is 43.6 Å². The predicted molar refractivity (Wildman–Crippen MR) is 65.8 cm³/mol. The molecular formula is C12H15ClN2O. The Hall–Kier alpha value is -1.06. The van der Waals surface area contributed by atoms with Gasteiger partial charge in [0.05, 0.1) is 0 Å². The molecule has 3 nitrogen and oxygen atoms in total. The highest BCUT2D eigenvalue weighted by Crippen LogP contribution is 2.23. The summed E-state index contributed by atoms with van der Waals surface area (Å²) in [6, 6.07) is 5.54. The third-order valence-corrected chi connectivity index (χ3v) is 3.29. The Morgan fingerprint density at radius 1 is 1.56 bits per heavy atom. The van der Waals surface area contributed by atoms with Crippen LogP contribution < -0.4 is 10.6 Å². The number of carbonyl (C=O) groups is 1. The molecule has 1 aromatic carbocycles. The number of hydrogen-bond acceptors (Lipinski definition) is 2. The molecule has 1 aliphatic rings. The van der Waals surface area contributed by atoms with Crippen molar-refractivity contribution in [2.45, 2.75) is 13.3 Å². The predicted octanol–water partition coefficient (Wildman–Crippen LogP) is 2.20. The van der Waals surface area contributed by atoms with Crippen molar-refractivity contribution in [3.05, 3.63) is 28.8 Å². The van der Waals surface area contributed by atoms with Gasteiger partial charge in [-0.2, -0.15) is 0 Å². The minimum atomic E-state index is 0.0665. The zero-order chi connectivity index (χ0) is 11.5. The van der Waals surface area contributed by atoms with Gasteiger partial charge in [-0.25, -0.2) is 0 Å². The standard InChI is InChI=1S/C12H15ClN2O/c1-8-10(13)3-2-4-11(8)15-12(16)5-9-6-14-7-9/h2-4,9,14H,5-7H2,1H3,(H,15,16). The van der Waals surface area contributed by atoms with E-state index < -0.39 is 0 Å². The largest absolute Gasteiger partial charge is 0.326 e. The number of rotatable bonds is 3. The van der Waals surface area contributed by atoms with Crippen LogP contribution in [0.1, 0.15) is 12.0 Å². The van der Waals surface area contributed by atoms with E-state index in [1.807, 2.05) is 25.1 Å². The van der Waals surface area contributed by atoms with Gasteiger partial charge in [-0.1, -0.05) is 17.7 Å². The normalized spacial score (nSPS) is 15.6. The van der Waals surface area contributed by atoms with Crippen molar-refractivity contribution in [3.63, 3.8) is 0 Å². The van der Waals surface area contributed by atoms with Gasteiger partial charge in [0.1, 0.15) is 0 Å². The van der Waals surface area contributed by atoms with Gasteiger partial charge < -0.3 is 10.6 Å². The number of anilines is 1. The summed E-state index contributed by atoms with van der Waals surface area (Å²) in [6.45, 7) is 3.80. The summed E-state index contributed by atoms with van der Waals surface area (Å²) in [5.41, 5.74) is 1.73. The maximum Gasteiger partial charge on any atom is 0.224 e. The van der Waals surface area contributed by atoms with Gasteiger partial charge in [0.2, 0.25) is 5.91 Å². The van der Waals surface area contributed by atoms with Crippen molar-refractivity contribution in [2.24, 2.45) is 5.92 Å². The Labute approximate surface area is 100 Å². The average Bonchev–Trinajstić information content (AvgIpc) is 2.19. The molecule has 1 aromatic rings. The zero-order valence-electron chi connectivity index (χ0n) is 9.22. The molecule has 4 heteroatoms. The summed E-state index contributed by atoms with van der Waals surface area (Å²) in [5.74, 6) is 0.552. The first-order valence-electron chi connectivity index (χ1n) is 5.42. The molecule has 2 rings (SSSR count). The SMILES string of the molecule is Cc1c(Cl)cccc1NC(=O)CC1CNC1. The summed E-state index contributed by atoms with van der Waals surface area (Å²) in [4.78, 5) is 11.7. The Balaban J connectivity index is 1.97. The molecule has 0 aromatic heterocycles. The van der Waals surface area contributed by atoms with Crippen LogP contribution >= 0.6 is 11.6 Å². The van der Waals surface area contributed by atoms with Crippen molar-refractivity contribution in [1.29, 1.82) is 0 Å². The van der Waals surface area contributed by atoms with E-state index in [-0.39, 0.29) is 5.91 Å². The topological polar surface area (TPSA) is 41.1 Å². The van der Waals surface area contributed by atoms with Crippen LogP contribution in [0, 0.1) is 12.8 Å². The Morgan fingerprint density at radius 3 is 2.94 bits per heavy atom. The van der Waals surface area contributed by atoms with Crippen LogP contribution in [0.15, 0.2) is 18.2 Å². The van der Waals surface area contributed by atoms with Crippen LogP contribution in [0.3, 0.4) is 0 Å². The molecule has 0 aliphatic carbocycles. The quantitative estimate of drug-likeness (QED) is 0.848. The van der Waals surface area contributed by atoms with Crippen LogP contribution in [0.4, 0.5) is 5.69 Å². The summed E-state index contributed by atoms with van der Waals surface area (Å²) >= 11 is 5.98. The van der Waals surface area contributed by atoms with Crippen molar-refractivity contribution in [3.8, 4) is 0 Å². The second-order valence-electron chi connectivity index (χ2n) is 4.19. The number of benzene rings is 1. The molecular weight excluding hydrogens is 224 g/mol. The number of halogens is 1. The first-order valence-corrected chi connectivity index (χ1v) is 5.80. The first-order chi connectivity index (χ1) is 7.66. The lowest BCUT2D eigenvalue weighted by Crippen LogP contribution is -2.43. The van der Waals surface area contributed by atoms with E-state index >= 15 is 0 Å². The molecule has 16 heavy (non-hydrogen) atoms. The molecule has 1 amide bonds. The highest BCUT2D eigenvalue weighted by atomic mass is 35.5. The lowest BCUT2D eigenvalue weighted by molar-refractivity contribution is -0.117. The second kappa shape index (κ2) is 4.85. The van der Waals surface area contributed by atoms with E-state index in [1.165, 1.54) is 0 Å². The van der Waals surface area contributed by atoms with E-state index in [0.29, 0.717) is 17.4 Å². The van der Waals surface area contributed by atoms with Crippen LogP contribution in [0.2, 0.25) is 5.02 Å². The first kappa shape index (κ1) is 11.4. The molecule has 1 saturated heterocycles. The average molecular weight is 239 g/mol. The van der Waals surface area contributed by atoms with Gasteiger partial charge in [-0.3, -0.25) is 4.79 Å². The molecule has 0 radical (unpaired) electrons. The Morgan fingerprint density at radius 2 is 2.31 bits per heavy atom. The highest BCUT2D eigenvalue weighted by Gasteiger charge is 2.20. The summed E-state index contributed by atoms with van der Waals surface area (Å²) < 4.78 is 0. The third kappa shape index (κ3) is 2.54. The molecule has 1 aliphatic heterocycles. The van der Waals surface area contributed by atoms with Crippen LogP contribution in [-0.2, 0) is 4.79 Å². The van der Waals surface area contributed by atoms with E-state index in [0.717, 1.165) is 24.3 Å². The van der Waals surface area contributed by atoms with Crippen LogP contribution in [-0.4, -0.2) is 19.0 Å². The lowest BCUT2D eigenvalue weighted by Gasteiger charge is -2.26. The lowest BCUT2D eigenvalue weighted by atomic mass is 9.99. The maximum atomic E-state index is 11.7. The fraction of sp³-hybridized carbons (Fsp3) is 0.417. The summed E-state index contributed by atoms with van der Waals surface area (Å²) in [6.07, 6.45) is 0.582. The Bertz CT molecular complexity index is 402. The fourth-order valence-corrected chi connectivity index (χ4v) is 1.87. The van der Waals surface area contributed by atoms with Gasteiger partial charge in [0.15, 0.2) is 0 Å². The van der Waals surface area contributed by atoms with Gasteiger partial charge >= 0.3 is 0 Å². The number of hydrogen-bond donors (Lipinski definition) is 2. The van der Waals surface area contributed by atoms with Gasteiger partial charge in [0, 0.05) is 17.1 Å². The number of amides is 1. The Kier molecular flexibility index (Phi) is 3.46. The molecule has 86 valence electrons. The molecule has 1 fully saturated rings. The van der Waals surface area contributed by atoms with Crippen molar-refractivity contribution < 1.29 is 4.79 Å². The molecule has 2 N–H and O–H groups in total. The van der Waals surface area contributed by atoms with Crippen LogP contribution in [0.5, 0.6) is 0 Å². The monoisotopic (exact) mass is 238 g/mol. The minimum Gasteiger partial charge on any atom is -0.326 e. The van der Waals surface area contributed by atoms with Gasteiger partial charge in [0.25, 0.3) is 0 Å². The molecule has 0 saturated carbocycles. The fourth-order valence-electron chi connectivity index (χ4n) is 1.70. The molecule has 0 unspecified atom stereocenters. The summed E-state index contributed by atoms with van der Waals surface area (Å²) in [7, 11) is 0. The van der Waals surface area contributed by atoms with E-state index in [1.54, 1.807) is 0 Å². The van der Waals surface area contributed by atoms with Crippen molar-refractivity contribution >= 4 is 23.2 Å². The molecule has 1 heterocycles. The second-order valence-corrected chi connectivity index (χ2v) is 4.60. The van der Waals surface area contributed by atoms with Crippen molar-refractivity contribution in [1.82, 2.24) is 5.32 Å². The zero-order valence-corrected chi connectivity index (χ0v) is 9.97.